The van der Waals surface area contributed by atoms with Gasteiger partial charge < -0.3 is 5.11 Å². The highest BCUT2D eigenvalue weighted by Gasteiger charge is 2.15. The molecule has 1 N–H and O–H groups in total. The lowest BCUT2D eigenvalue weighted by Crippen LogP contribution is -2.19. The molecule has 1 aliphatic rings. The van der Waals surface area contributed by atoms with Crippen LogP contribution in [0.15, 0.2) is 12.1 Å². The van der Waals surface area contributed by atoms with E-state index in [1.165, 1.54) is 31.5 Å². The van der Waals surface area contributed by atoms with E-state index in [9.17, 15) is 5.11 Å². The van der Waals surface area contributed by atoms with Gasteiger partial charge in [0.25, 0.3) is 0 Å². The van der Waals surface area contributed by atoms with Gasteiger partial charge in [-0.2, -0.15) is 0 Å². The Morgan fingerprint density at radius 2 is 1.73 bits per heavy atom. The molecule has 0 radical (unpaired) electrons. The Morgan fingerprint density at radius 3 is 2.40 bits per heavy atom. The summed E-state index contributed by atoms with van der Waals surface area (Å²) in [4.78, 5) is 2.42. The molecule has 1 heterocycles. The average molecular weight is 205 g/mol. The molecule has 1 fully saturated rings. The van der Waals surface area contributed by atoms with Gasteiger partial charge in [0.2, 0.25) is 0 Å². The third-order valence-corrected chi connectivity index (χ3v) is 3.30. The highest BCUT2D eigenvalue weighted by atomic mass is 16.3. The van der Waals surface area contributed by atoms with Crippen molar-refractivity contribution < 1.29 is 5.11 Å². The molecule has 0 bridgehead atoms. The minimum absolute atomic E-state index is 0.488. The normalized spacial score (nSPS) is 17.2. The molecule has 0 atom stereocenters. The minimum atomic E-state index is 0.488. The predicted molar refractivity (Wildman–Crippen MR) is 62.1 cm³/mol. The summed E-state index contributed by atoms with van der Waals surface area (Å²) in [5.74, 6) is 0.488. The molecule has 0 aromatic heterocycles. The van der Waals surface area contributed by atoms with Crippen LogP contribution in [-0.4, -0.2) is 23.1 Å². The number of hydrogen-bond acceptors (Lipinski definition) is 2. The number of likely N-dealkylation sites (tertiary alicyclic amines) is 1. The van der Waals surface area contributed by atoms with E-state index >= 15 is 0 Å². The fourth-order valence-electron chi connectivity index (χ4n) is 2.22. The standard InChI is InChI=1S/C13H19NO/c1-10-5-6-11(2)13(15)12(10)9-14-7-3-4-8-14/h5-6,15H,3-4,7-9H2,1-2H3. The van der Waals surface area contributed by atoms with Crippen LogP contribution >= 0.6 is 0 Å². The zero-order valence-electron chi connectivity index (χ0n) is 9.58. The number of benzene rings is 1. The first-order valence-electron chi connectivity index (χ1n) is 5.69. The van der Waals surface area contributed by atoms with Gasteiger partial charge in [-0.15, -0.1) is 0 Å². The van der Waals surface area contributed by atoms with Crippen LogP contribution in [0.3, 0.4) is 0 Å². The van der Waals surface area contributed by atoms with Gasteiger partial charge in [0, 0.05) is 12.1 Å². The van der Waals surface area contributed by atoms with Gasteiger partial charge in [-0.3, -0.25) is 4.90 Å². The molecule has 0 saturated carbocycles. The van der Waals surface area contributed by atoms with Crippen molar-refractivity contribution in [2.24, 2.45) is 0 Å². The molecule has 0 amide bonds. The van der Waals surface area contributed by atoms with Gasteiger partial charge in [0.05, 0.1) is 0 Å². The number of phenols is 1. The second-order valence-electron chi connectivity index (χ2n) is 4.51. The van der Waals surface area contributed by atoms with Crippen LogP contribution in [0.1, 0.15) is 29.5 Å². The van der Waals surface area contributed by atoms with Gasteiger partial charge in [0.15, 0.2) is 0 Å². The maximum Gasteiger partial charge on any atom is 0.123 e. The van der Waals surface area contributed by atoms with Crippen LogP contribution in [0, 0.1) is 13.8 Å². The van der Waals surface area contributed by atoms with Gasteiger partial charge >= 0.3 is 0 Å². The van der Waals surface area contributed by atoms with Gasteiger partial charge in [-0.05, 0) is 50.9 Å². The summed E-state index contributed by atoms with van der Waals surface area (Å²) in [6, 6.07) is 4.08. The molecule has 1 aromatic rings. The third-order valence-electron chi connectivity index (χ3n) is 3.30. The Kier molecular flexibility index (Phi) is 2.96. The van der Waals surface area contributed by atoms with Crippen molar-refractivity contribution in [2.45, 2.75) is 33.2 Å². The van der Waals surface area contributed by atoms with E-state index < -0.39 is 0 Å². The number of aryl methyl sites for hydroxylation is 2. The first-order valence-corrected chi connectivity index (χ1v) is 5.69. The van der Waals surface area contributed by atoms with Crippen LogP contribution < -0.4 is 0 Å². The van der Waals surface area contributed by atoms with E-state index in [1.54, 1.807) is 0 Å². The van der Waals surface area contributed by atoms with Crippen LogP contribution in [0.5, 0.6) is 5.75 Å². The molecule has 2 heteroatoms. The molecular weight excluding hydrogens is 186 g/mol. The lowest BCUT2D eigenvalue weighted by atomic mass is 10.0. The Bertz CT molecular complexity index is 354. The molecular formula is C13H19NO. The highest BCUT2D eigenvalue weighted by Crippen LogP contribution is 2.27. The fourth-order valence-corrected chi connectivity index (χ4v) is 2.22. The van der Waals surface area contributed by atoms with E-state index in [2.05, 4.69) is 17.9 Å². The van der Waals surface area contributed by atoms with E-state index in [0.717, 1.165) is 17.7 Å². The van der Waals surface area contributed by atoms with Crippen molar-refractivity contribution >= 4 is 0 Å². The number of phenolic OH excluding ortho intramolecular Hbond substituents is 1. The van der Waals surface area contributed by atoms with Crippen LogP contribution in [-0.2, 0) is 6.54 Å². The first-order chi connectivity index (χ1) is 7.18. The lowest BCUT2D eigenvalue weighted by molar-refractivity contribution is 0.323. The summed E-state index contributed by atoms with van der Waals surface area (Å²) in [6.07, 6.45) is 2.59. The van der Waals surface area contributed by atoms with Crippen LogP contribution in [0.4, 0.5) is 0 Å². The van der Waals surface area contributed by atoms with Crippen molar-refractivity contribution in [1.82, 2.24) is 4.90 Å². The van der Waals surface area contributed by atoms with E-state index in [0.29, 0.717) is 5.75 Å². The number of aromatic hydroxyl groups is 1. The monoisotopic (exact) mass is 205 g/mol. The maximum absolute atomic E-state index is 10.0. The molecule has 2 nitrogen and oxygen atoms in total. The number of rotatable bonds is 2. The van der Waals surface area contributed by atoms with E-state index in [-0.39, 0.29) is 0 Å². The number of nitrogens with zero attached hydrogens (tertiary/aromatic N) is 1. The maximum atomic E-state index is 10.0. The van der Waals surface area contributed by atoms with Crippen LogP contribution in [0.25, 0.3) is 0 Å². The topological polar surface area (TPSA) is 23.5 Å². The van der Waals surface area contributed by atoms with Crippen molar-refractivity contribution in [3.63, 3.8) is 0 Å². The molecule has 15 heavy (non-hydrogen) atoms. The van der Waals surface area contributed by atoms with Gasteiger partial charge in [-0.1, -0.05) is 12.1 Å². The zero-order chi connectivity index (χ0) is 10.8. The number of hydrogen-bond donors (Lipinski definition) is 1. The molecule has 82 valence electrons. The van der Waals surface area contributed by atoms with E-state index in [4.69, 9.17) is 0 Å². The second-order valence-corrected chi connectivity index (χ2v) is 4.51. The van der Waals surface area contributed by atoms with Gasteiger partial charge in [-0.25, -0.2) is 0 Å². The first kappa shape index (κ1) is 10.5. The molecule has 2 rings (SSSR count). The molecule has 0 aliphatic carbocycles. The summed E-state index contributed by atoms with van der Waals surface area (Å²) in [5.41, 5.74) is 3.29. The molecule has 1 saturated heterocycles. The molecule has 1 aliphatic heterocycles. The average Bonchev–Trinajstić information content (AvgIpc) is 2.71. The van der Waals surface area contributed by atoms with Crippen molar-refractivity contribution in [3.05, 3.63) is 28.8 Å². The zero-order valence-corrected chi connectivity index (χ0v) is 9.58. The van der Waals surface area contributed by atoms with Crippen molar-refractivity contribution in [3.8, 4) is 5.75 Å². The summed E-state index contributed by atoms with van der Waals surface area (Å²) in [7, 11) is 0. The Morgan fingerprint density at radius 1 is 1.13 bits per heavy atom. The largest absolute Gasteiger partial charge is 0.507 e. The van der Waals surface area contributed by atoms with Crippen molar-refractivity contribution in [2.75, 3.05) is 13.1 Å². The minimum Gasteiger partial charge on any atom is -0.507 e. The predicted octanol–water partition coefficient (Wildman–Crippen LogP) is 2.60. The summed E-state index contributed by atoms with van der Waals surface area (Å²) >= 11 is 0. The second kappa shape index (κ2) is 4.23. The molecule has 1 aromatic carbocycles. The summed E-state index contributed by atoms with van der Waals surface area (Å²) < 4.78 is 0. The Hall–Kier alpha value is -1.02. The quantitative estimate of drug-likeness (QED) is 0.802. The fraction of sp³-hybridized carbons (Fsp3) is 0.538. The van der Waals surface area contributed by atoms with E-state index in [1.807, 2.05) is 13.0 Å². The summed E-state index contributed by atoms with van der Waals surface area (Å²) in [5, 5.41) is 10.0. The lowest BCUT2D eigenvalue weighted by Gasteiger charge is -2.18. The summed E-state index contributed by atoms with van der Waals surface area (Å²) in [6.45, 7) is 7.28. The van der Waals surface area contributed by atoms with Crippen LogP contribution in [0.2, 0.25) is 0 Å². The Balaban J connectivity index is 2.22. The van der Waals surface area contributed by atoms with Crippen molar-refractivity contribution in [1.29, 1.82) is 0 Å². The highest BCUT2D eigenvalue weighted by molar-refractivity contribution is 5.44. The Labute approximate surface area is 91.5 Å². The smallest absolute Gasteiger partial charge is 0.123 e. The SMILES string of the molecule is Cc1ccc(C)c(CN2CCCC2)c1O. The molecule has 0 unspecified atom stereocenters. The third kappa shape index (κ3) is 2.15. The van der Waals surface area contributed by atoms with Gasteiger partial charge in [0.1, 0.15) is 5.75 Å². The molecule has 0 spiro atoms.